The molecule has 0 heterocycles. The molecular formula is C17H24N2OS. The van der Waals surface area contributed by atoms with E-state index >= 15 is 0 Å². The SMILES string of the molecule is CC(C)Oc1ccc(NC(=S)N[C@H]2C[C@H]3CC[C@H]2C3)cc1. The lowest BCUT2D eigenvalue weighted by molar-refractivity contribution is 0.242. The van der Waals surface area contributed by atoms with E-state index in [-0.39, 0.29) is 6.10 Å². The van der Waals surface area contributed by atoms with Crippen LogP contribution >= 0.6 is 12.2 Å². The lowest BCUT2D eigenvalue weighted by Gasteiger charge is -2.24. The van der Waals surface area contributed by atoms with E-state index in [0.717, 1.165) is 28.4 Å². The number of rotatable bonds is 4. The van der Waals surface area contributed by atoms with Gasteiger partial charge in [0, 0.05) is 11.7 Å². The first-order valence-electron chi connectivity index (χ1n) is 7.94. The quantitative estimate of drug-likeness (QED) is 0.825. The summed E-state index contributed by atoms with van der Waals surface area (Å²) in [5.41, 5.74) is 1.01. The molecule has 2 fully saturated rings. The molecule has 0 saturated heterocycles. The smallest absolute Gasteiger partial charge is 0.171 e. The van der Waals surface area contributed by atoms with Crippen LogP contribution in [0.15, 0.2) is 24.3 Å². The zero-order chi connectivity index (χ0) is 14.8. The van der Waals surface area contributed by atoms with E-state index in [2.05, 4.69) is 10.6 Å². The molecule has 2 N–H and O–H groups in total. The van der Waals surface area contributed by atoms with E-state index in [1.165, 1.54) is 25.7 Å². The van der Waals surface area contributed by atoms with Gasteiger partial charge in [-0.1, -0.05) is 6.42 Å². The van der Waals surface area contributed by atoms with E-state index in [9.17, 15) is 0 Å². The molecule has 0 aromatic heterocycles. The molecule has 2 aliphatic rings. The highest BCUT2D eigenvalue weighted by molar-refractivity contribution is 7.80. The Hall–Kier alpha value is -1.29. The first-order chi connectivity index (χ1) is 10.1. The molecule has 3 rings (SSSR count). The molecular weight excluding hydrogens is 280 g/mol. The fraction of sp³-hybridized carbons (Fsp3) is 0.588. The van der Waals surface area contributed by atoms with Gasteiger partial charge in [-0.05, 0) is 81.4 Å². The van der Waals surface area contributed by atoms with Gasteiger partial charge in [0.2, 0.25) is 0 Å². The fourth-order valence-electron chi connectivity index (χ4n) is 3.65. The fourth-order valence-corrected chi connectivity index (χ4v) is 3.92. The Morgan fingerprint density at radius 3 is 2.52 bits per heavy atom. The Morgan fingerprint density at radius 1 is 1.19 bits per heavy atom. The first kappa shape index (κ1) is 14.6. The molecule has 0 radical (unpaired) electrons. The molecule has 0 aliphatic heterocycles. The third-order valence-electron chi connectivity index (χ3n) is 4.54. The number of ether oxygens (including phenoxy) is 1. The van der Waals surface area contributed by atoms with Crippen LogP contribution in [0.25, 0.3) is 0 Å². The van der Waals surface area contributed by atoms with Gasteiger partial charge < -0.3 is 15.4 Å². The van der Waals surface area contributed by atoms with E-state index in [0.29, 0.717) is 6.04 Å². The maximum absolute atomic E-state index is 5.64. The number of nitrogens with one attached hydrogen (secondary N) is 2. The van der Waals surface area contributed by atoms with Crippen molar-refractivity contribution in [2.45, 2.75) is 51.7 Å². The molecule has 21 heavy (non-hydrogen) atoms. The Morgan fingerprint density at radius 2 is 1.95 bits per heavy atom. The summed E-state index contributed by atoms with van der Waals surface area (Å²) in [7, 11) is 0. The third kappa shape index (κ3) is 3.67. The van der Waals surface area contributed by atoms with Crippen molar-refractivity contribution >= 4 is 23.0 Å². The summed E-state index contributed by atoms with van der Waals surface area (Å²) >= 11 is 5.44. The van der Waals surface area contributed by atoms with Crippen molar-refractivity contribution in [1.82, 2.24) is 5.32 Å². The molecule has 2 aliphatic carbocycles. The second-order valence-corrected chi connectivity index (χ2v) is 6.98. The molecule has 2 saturated carbocycles. The number of hydrogen-bond acceptors (Lipinski definition) is 2. The number of thiocarbonyl (C=S) groups is 1. The highest BCUT2D eigenvalue weighted by atomic mass is 32.1. The van der Waals surface area contributed by atoms with Gasteiger partial charge in [-0.25, -0.2) is 0 Å². The van der Waals surface area contributed by atoms with Crippen molar-refractivity contribution in [3.8, 4) is 5.75 Å². The number of hydrogen-bond donors (Lipinski definition) is 2. The first-order valence-corrected chi connectivity index (χ1v) is 8.35. The second kappa shape index (κ2) is 6.22. The van der Waals surface area contributed by atoms with E-state index in [1.54, 1.807) is 0 Å². The lowest BCUT2D eigenvalue weighted by Crippen LogP contribution is -2.40. The molecule has 3 nitrogen and oxygen atoms in total. The Kier molecular flexibility index (Phi) is 4.34. The Bertz CT molecular complexity index is 500. The van der Waals surface area contributed by atoms with E-state index in [1.807, 2.05) is 38.1 Å². The van der Waals surface area contributed by atoms with Crippen molar-refractivity contribution < 1.29 is 4.74 Å². The van der Waals surface area contributed by atoms with Gasteiger partial charge in [-0.2, -0.15) is 0 Å². The molecule has 0 amide bonds. The molecule has 2 bridgehead atoms. The monoisotopic (exact) mass is 304 g/mol. The van der Waals surface area contributed by atoms with Crippen molar-refractivity contribution in [3.63, 3.8) is 0 Å². The molecule has 3 atom stereocenters. The summed E-state index contributed by atoms with van der Waals surface area (Å²) in [5, 5.41) is 7.51. The zero-order valence-electron chi connectivity index (χ0n) is 12.8. The van der Waals surface area contributed by atoms with Crippen molar-refractivity contribution in [3.05, 3.63) is 24.3 Å². The molecule has 0 spiro atoms. The Balaban J connectivity index is 1.50. The summed E-state index contributed by atoms with van der Waals surface area (Å²) in [6.07, 6.45) is 5.66. The highest BCUT2D eigenvalue weighted by Gasteiger charge is 2.39. The standard InChI is InChI=1S/C17H24N2OS/c1-11(2)20-15-7-5-14(6-8-15)18-17(21)19-16-10-12-3-4-13(16)9-12/h5-8,11-13,16H,3-4,9-10H2,1-2H3,(H2,18,19,21)/t12-,13-,16-/m0/s1. The van der Waals surface area contributed by atoms with Gasteiger partial charge in [0.25, 0.3) is 0 Å². The van der Waals surface area contributed by atoms with Crippen LogP contribution in [0.2, 0.25) is 0 Å². The third-order valence-corrected chi connectivity index (χ3v) is 4.76. The predicted molar refractivity (Wildman–Crippen MR) is 90.8 cm³/mol. The van der Waals surface area contributed by atoms with Crippen molar-refractivity contribution in [2.75, 3.05) is 5.32 Å². The van der Waals surface area contributed by atoms with Gasteiger partial charge >= 0.3 is 0 Å². The van der Waals surface area contributed by atoms with Crippen molar-refractivity contribution in [1.29, 1.82) is 0 Å². The summed E-state index contributed by atoms with van der Waals surface area (Å²) in [6, 6.07) is 8.54. The molecule has 1 aromatic carbocycles. The van der Waals surface area contributed by atoms with Crippen LogP contribution in [-0.2, 0) is 0 Å². The van der Waals surface area contributed by atoms with Gasteiger partial charge in [-0.15, -0.1) is 0 Å². The lowest BCUT2D eigenvalue weighted by atomic mass is 9.96. The topological polar surface area (TPSA) is 33.3 Å². The van der Waals surface area contributed by atoms with Crippen LogP contribution in [0.1, 0.15) is 39.5 Å². The maximum Gasteiger partial charge on any atom is 0.171 e. The number of benzene rings is 1. The molecule has 1 aromatic rings. The molecule has 4 heteroatoms. The molecule has 0 unspecified atom stereocenters. The average Bonchev–Trinajstić information content (AvgIpc) is 3.02. The van der Waals surface area contributed by atoms with Crippen LogP contribution in [0, 0.1) is 11.8 Å². The van der Waals surface area contributed by atoms with E-state index < -0.39 is 0 Å². The molecule has 114 valence electrons. The predicted octanol–water partition coefficient (Wildman–Crippen LogP) is 3.95. The van der Waals surface area contributed by atoms with Gasteiger partial charge in [0.15, 0.2) is 5.11 Å². The average molecular weight is 304 g/mol. The Labute approximate surface area is 132 Å². The summed E-state index contributed by atoms with van der Waals surface area (Å²) in [6.45, 7) is 4.06. The normalized spacial score (nSPS) is 26.9. The summed E-state index contributed by atoms with van der Waals surface area (Å²) in [5.74, 6) is 2.65. The number of fused-ring (bicyclic) bond motifs is 2. The second-order valence-electron chi connectivity index (χ2n) is 6.57. The van der Waals surface area contributed by atoms with Crippen LogP contribution in [0.5, 0.6) is 5.75 Å². The minimum absolute atomic E-state index is 0.198. The van der Waals surface area contributed by atoms with E-state index in [4.69, 9.17) is 17.0 Å². The zero-order valence-corrected chi connectivity index (χ0v) is 13.6. The van der Waals surface area contributed by atoms with Crippen LogP contribution in [-0.4, -0.2) is 17.3 Å². The summed E-state index contributed by atoms with van der Waals surface area (Å²) < 4.78 is 5.64. The van der Waals surface area contributed by atoms with Crippen LogP contribution < -0.4 is 15.4 Å². The van der Waals surface area contributed by atoms with Gasteiger partial charge in [0.05, 0.1) is 6.10 Å². The highest BCUT2D eigenvalue weighted by Crippen LogP contribution is 2.44. The number of anilines is 1. The van der Waals surface area contributed by atoms with Crippen molar-refractivity contribution in [2.24, 2.45) is 11.8 Å². The minimum Gasteiger partial charge on any atom is -0.491 e. The maximum atomic E-state index is 5.64. The summed E-state index contributed by atoms with van der Waals surface area (Å²) in [4.78, 5) is 0. The minimum atomic E-state index is 0.198. The van der Waals surface area contributed by atoms with Crippen LogP contribution in [0.4, 0.5) is 5.69 Å². The van der Waals surface area contributed by atoms with Gasteiger partial charge in [-0.3, -0.25) is 0 Å². The van der Waals surface area contributed by atoms with Gasteiger partial charge in [0.1, 0.15) is 5.75 Å². The van der Waals surface area contributed by atoms with Crippen LogP contribution in [0.3, 0.4) is 0 Å². The largest absolute Gasteiger partial charge is 0.491 e.